The van der Waals surface area contributed by atoms with Gasteiger partial charge in [-0.25, -0.2) is 4.99 Å². The van der Waals surface area contributed by atoms with Crippen molar-refractivity contribution in [1.82, 2.24) is 4.98 Å². The van der Waals surface area contributed by atoms with Crippen LogP contribution in [0.3, 0.4) is 0 Å². The standard InChI is InChI=1S/C16H28N10O/c17-14(18)24-5-8-3-9(6-25-15(19)20)13(27)4-11(8)12-2-1-10(7-23-12)26-16(21)22/h1-2,7-9,11,13,27H,3-6H2,(H4,17,18,24)(H4,19,20,25)(H4,21,22,26). The number of hydrogen-bond donors (Lipinski definition) is 7. The Balaban J connectivity index is 2.22. The van der Waals surface area contributed by atoms with Gasteiger partial charge in [0.25, 0.3) is 0 Å². The fourth-order valence-corrected chi connectivity index (χ4v) is 3.39. The van der Waals surface area contributed by atoms with Gasteiger partial charge in [0.1, 0.15) is 0 Å². The van der Waals surface area contributed by atoms with Crippen molar-refractivity contribution in [3.63, 3.8) is 0 Å². The Morgan fingerprint density at radius 3 is 2.07 bits per heavy atom. The van der Waals surface area contributed by atoms with E-state index in [0.717, 1.165) is 5.69 Å². The van der Waals surface area contributed by atoms with Gasteiger partial charge in [0.2, 0.25) is 0 Å². The molecule has 1 saturated carbocycles. The zero-order valence-electron chi connectivity index (χ0n) is 15.1. The van der Waals surface area contributed by atoms with Gasteiger partial charge in [-0.05, 0) is 30.9 Å². The van der Waals surface area contributed by atoms with Crippen LogP contribution in [0.15, 0.2) is 33.3 Å². The van der Waals surface area contributed by atoms with Crippen molar-refractivity contribution >= 4 is 23.6 Å². The molecule has 4 atom stereocenters. The third-order valence-electron chi connectivity index (χ3n) is 4.64. The van der Waals surface area contributed by atoms with Crippen LogP contribution >= 0.6 is 0 Å². The summed E-state index contributed by atoms with van der Waals surface area (Å²) in [5, 5.41) is 10.6. The van der Waals surface area contributed by atoms with E-state index in [1.165, 1.54) is 0 Å². The molecule has 0 bridgehead atoms. The molecule has 0 amide bonds. The van der Waals surface area contributed by atoms with Gasteiger partial charge in [0.05, 0.1) is 18.0 Å². The summed E-state index contributed by atoms with van der Waals surface area (Å²) < 4.78 is 0. The molecule has 4 unspecified atom stereocenters. The smallest absolute Gasteiger partial charge is 0.191 e. The first-order valence-electron chi connectivity index (χ1n) is 8.60. The molecule has 0 aromatic carbocycles. The zero-order valence-corrected chi connectivity index (χ0v) is 15.1. The Kier molecular flexibility index (Phi) is 6.77. The highest BCUT2D eigenvalue weighted by atomic mass is 16.3. The van der Waals surface area contributed by atoms with Gasteiger partial charge in [-0.15, -0.1) is 0 Å². The second-order valence-electron chi connectivity index (χ2n) is 6.67. The highest BCUT2D eigenvalue weighted by Gasteiger charge is 2.37. The topological polar surface area (TPSA) is 226 Å². The largest absolute Gasteiger partial charge is 0.393 e. The molecule has 11 heteroatoms. The van der Waals surface area contributed by atoms with Crippen molar-refractivity contribution in [2.45, 2.75) is 24.9 Å². The summed E-state index contributed by atoms with van der Waals surface area (Å²) in [5.41, 5.74) is 33.9. The molecule has 1 heterocycles. The first kappa shape index (κ1) is 20.2. The highest BCUT2D eigenvalue weighted by Crippen LogP contribution is 2.40. The summed E-state index contributed by atoms with van der Waals surface area (Å²) in [5.74, 6) is -0.0314. The molecular formula is C16H28N10O. The van der Waals surface area contributed by atoms with Gasteiger partial charge < -0.3 is 39.5 Å². The second-order valence-corrected chi connectivity index (χ2v) is 6.67. The quantitative estimate of drug-likeness (QED) is 0.216. The number of rotatable bonds is 6. The molecule has 1 fully saturated rings. The van der Waals surface area contributed by atoms with Gasteiger partial charge in [-0.2, -0.15) is 0 Å². The molecule has 27 heavy (non-hydrogen) atoms. The third kappa shape index (κ3) is 5.99. The van der Waals surface area contributed by atoms with E-state index in [4.69, 9.17) is 34.4 Å². The van der Waals surface area contributed by atoms with Crippen LogP contribution < -0.4 is 34.4 Å². The van der Waals surface area contributed by atoms with Crippen LogP contribution in [0.2, 0.25) is 0 Å². The van der Waals surface area contributed by atoms with Crippen molar-refractivity contribution in [2.75, 3.05) is 13.1 Å². The maximum absolute atomic E-state index is 10.6. The summed E-state index contributed by atoms with van der Waals surface area (Å²) in [7, 11) is 0. The lowest BCUT2D eigenvalue weighted by Crippen LogP contribution is -2.38. The Labute approximate surface area is 157 Å². The minimum absolute atomic E-state index is 0.00193. The third-order valence-corrected chi connectivity index (χ3v) is 4.64. The van der Waals surface area contributed by atoms with E-state index in [9.17, 15) is 5.11 Å². The minimum Gasteiger partial charge on any atom is -0.393 e. The Bertz CT molecular complexity index is 702. The van der Waals surface area contributed by atoms with E-state index in [-0.39, 0.29) is 35.6 Å². The van der Waals surface area contributed by atoms with E-state index in [0.29, 0.717) is 31.6 Å². The van der Waals surface area contributed by atoms with E-state index in [2.05, 4.69) is 20.0 Å². The molecule has 0 aliphatic heterocycles. The van der Waals surface area contributed by atoms with Gasteiger partial charge in [-0.1, -0.05) is 0 Å². The average Bonchev–Trinajstić information content (AvgIpc) is 2.59. The normalized spacial score (nSPS) is 24.6. The SMILES string of the molecule is NC(N)=NCC1CC(CN=C(N)N)C(c2ccc(N=C(N)N)cn2)CC1O. The lowest BCUT2D eigenvalue weighted by Gasteiger charge is -2.38. The fraction of sp³-hybridized carbons (Fsp3) is 0.500. The number of hydrogen-bond acceptors (Lipinski definition) is 5. The summed E-state index contributed by atoms with van der Waals surface area (Å²) in [4.78, 5) is 16.6. The zero-order chi connectivity index (χ0) is 20.0. The fourth-order valence-electron chi connectivity index (χ4n) is 3.39. The number of pyridine rings is 1. The molecular weight excluding hydrogens is 348 g/mol. The monoisotopic (exact) mass is 376 g/mol. The lowest BCUT2D eigenvalue weighted by atomic mass is 9.71. The molecule has 13 N–H and O–H groups in total. The molecule has 1 aromatic heterocycles. The number of aliphatic hydroxyl groups is 1. The Morgan fingerprint density at radius 2 is 1.56 bits per heavy atom. The van der Waals surface area contributed by atoms with Crippen LogP contribution in [0.1, 0.15) is 24.5 Å². The Hall–Kier alpha value is -3.08. The van der Waals surface area contributed by atoms with Crippen molar-refractivity contribution in [2.24, 2.45) is 61.2 Å². The van der Waals surface area contributed by atoms with Gasteiger partial charge in [-0.3, -0.25) is 15.0 Å². The van der Waals surface area contributed by atoms with Crippen LogP contribution in [0.4, 0.5) is 5.69 Å². The molecule has 1 aliphatic carbocycles. The van der Waals surface area contributed by atoms with Gasteiger partial charge >= 0.3 is 0 Å². The van der Waals surface area contributed by atoms with E-state index >= 15 is 0 Å². The summed E-state index contributed by atoms with van der Waals surface area (Å²) in [6, 6.07) is 3.62. The summed E-state index contributed by atoms with van der Waals surface area (Å²) >= 11 is 0. The average molecular weight is 376 g/mol. The number of aliphatic hydroxyl groups excluding tert-OH is 1. The lowest BCUT2D eigenvalue weighted by molar-refractivity contribution is 0.0410. The summed E-state index contributed by atoms with van der Waals surface area (Å²) in [6.45, 7) is 0.779. The number of nitrogens with zero attached hydrogens (tertiary/aromatic N) is 4. The predicted octanol–water partition coefficient (Wildman–Crippen LogP) is -2.00. The van der Waals surface area contributed by atoms with Crippen molar-refractivity contribution in [3.05, 3.63) is 24.0 Å². The first-order chi connectivity index (χ1) is 12.8. The number of guanidine groups is 3. The van der Waals surface area contributed by atoms with Crippen molar-refractivity contribution < 1.29 is 5.11 Å². The molecule has 0 saturated heterocycles. The van der Waals surface area contributed by atoms with Crippen LogP contribution in [0.25, 0.3) is 0 Å². The highest BCUT2D eigenvalue weighted by molar-refractivity contribution is 5.78. The maximum atomic E-state index is 10.6. The molecule has 11 nitrogen and oxygen atoms in total. The second kappa shape index (κ2) is 9.03. The molecule has 0 spiro atoms. The van der Waals surface area contributed by atoms with E-state index in [1.54, 1.807) is 12.3 Å². The number of aliphatic imine (C=N–C) groups is 3. The molecule has 148 valence electrons. The first-order valence-corrected chi connectivity index (χ1v) is 8.60. The molecule has 1 aliphatic rings. The van der Waals surface area contributed by atoms with Crippen LogP contribution in [-0.2, 0) is 0 Å². The van der Waals surface area contributed by atoms with E-state index < -0.39 is 6.10 Å². The van der Waals surface area contributed by atoms with Crippen LogP contribution in [0.5, 0.6) is 0 Å². The maximum Gasteiger partial charge on any atom is 0.191 e. The molecule has 0 radical (unpaired) electrons. The predicted molar refractivity (Wildman–Crippen MR) is 106 cm³/mol. The summed E-state index contributed by atoms with van der Waals surface area (Å²) in [6.07, 6.45) is 2.19. The van der Waals surface area contributed by atoms with Crippen molar-refractivity contribution in [1.29, 1.82) is 0 Å². The van der Waals surface area contributed by atoms with Gasteiger partial charge in [0.15, 0.2) is 17.9 Å². The minimum atomic E-state index is -0.562. The molecule has 1 aromatic rings. The van der Waals surface area contributed by atoms with Crippen molar-refractivity contribution in [3.8, 4) is 0 Å². The van der Waals surface area contributed by atoms with Gasteiger partial charge in [0, 0.05) is 30.6 Å². The van der Waals surface area contributed by atoms with E-state index in [1.807, 2.05) is 6.07 Å². The Morgan fingerprint density at radius 1 is 0.926 bits per heavy atom. The van der Waals surface area contributed by atoms with Crippen LogP contribution in [-0.4, -0.2) is 47.2 Å². The molecule has 2 rings (SSSR count). The number of nitrogens with two attached hydrogens (primary N) is 6. The van der Waals surface area contributed by atoms with Crippen LogP contribution in [0, 0.1) is 11.8 Å². The number of aromatic nitrogens is 1.